The van der Waals surface area contributed by atoms with E-state index >= 15 is 0 Å². The lowest BCUT2D eigenvalue weighted by Gasteiger charge is -2.21. The van der Waals surface area contributed by atoms with E-state index in [1.165, 1.54) is 11.3 Å². The number of ether oxygens (including phenoxy) is 2. The highest BCUT2D eigenvalue weighted by Crippen LogP contribution is 2.41. The number of halogens is 2. The Labute approximate surface area is 130 Å². The van der Waals surface area contributed by atoms with Gasteiger partial charge in [0.05, 0.1) is 4.47 Å². The maximum Gasteiger partial charge on any atom is 0.175 e. The van der Waals surface area contributed by atoms with E-state index in [9.17, 15) is 5.11 Å². The number of benzene rings is 1. The molecule has 1 aliphatic heterocycles. The number of thiazole rings is 1. The molecule has 0 saturated heterocycles. The van der Waals surface area contributed by atoms with Crippen LogP contribution >= 0.6 is 43.2 Å². The number of nitrogens with zero attached hydrogens (tertiary/aromatic N) is 1. The van der Waals surface area contributed by atoms with Gasteiger partial charge in [-0.3, -0.25) is 0 Å². The number of aliphatic hydroxyl groups is 1. The van der Waals surface area contributed by atoms with Crippen molar-refractivity contribution in [3.8, 4) is 11.5 Å². The van der Waals surface area contributed by atoms with E-state index in [1.54, 1.807) is 6.07 Å². The number of hydrogen-bond donors (Lipinski definition) is 1. The summed E-state index contributed by atoms with van der Waals surface area (Å²) in [5, 5.41) is 12.8. The molecule has 19 heavy (non-hydrogen) atoms. The largest absolute Gasteiger partial charge is 0.486 e. The van der Waals surface area contributed by atoms with Gasteiger partial charge in [0, 0.05) is 5.38 Å². The molecule has 100 valence electrons. The van der Waals surface area contributed by atoms with Gasteiger partial charge < -0.3 is 14.6 Å². The molecule has 0 aliphatic carbocycles. The van der Waals surface area contributed by atoms with Crippen LogP contribution in [0.4, 0.5) is 0 Å². The number of hydrogen-bond acceptors (Lipinski definition) is 5. The third-order valence-electron chi connectivity index (χ3n) is 2.66. The summed E-state index contributed by atoms with van der Waals surface area (Å²) in [6, 6.07) is 3.62. The predicted molar refractivity (Wildman–Crippen MR) is 79.0 cm³/mol. The summed E-state index contributed by atoms with van der Waals surface area (Å²) in [5.41, 5.74) is 0.720. The van der Waals surface area contributed by atoms with Crippen molar-refractivity contribution in [1.29, 1.82) is 0 Å². The summed E-state index contributed by atoms with van der Waals surface area (Å²) in [5.74, 6) is 1.33. The fourth-order valence-electron chi connectivity index (χ4n) is 1.82. The van der Waals surface area contributed by atoms with Crippen molar-refractivity contribution in [2.24, 2.45) is 0 Å². The first-order valence-electron chi connectivity index (χ1n) is 5.53. The van der Waals surface area contributed by atoms with Gasteiger partial charge in [0.25, 0.3) is 0 Å². The van der Waals surface area contributed by atoms with Crippen molar-refractivity contribution in [2.75, 3.05) is 13.2 Å². The van der Waals surface area contributed by atoms with E-state index < -0.39 is 6.10 Å². The second kappa shape index (κ2) is 5.40. The molecule has 0 amide bonds. The number of rotatable bonds is 2. The Hall–Kier alpha value is -0.630. The summed E-state index contributed by atoms with van der Waals surface area (Å²) in [7, 11) is 0. The third-order valence-corrected chi connectivity index (χ3v) is 4.86. The van der Waals surface area contributed by atoms with Crippen LogP contribution in [0, 0.1) is 0 Å². The summed E-state index contributed by atoms with van der Waals surface area (Å²) in [6.07, 6.45) is -0.775. The van der Waals surface area contributed by atoms with Gasteiger partial charge in [0.2, 0.25) is 0 Å². The number of aromatic nitrogens is 1. The van der Waals surface area contributed by atoms with E-state index in [1.807, 2.05) is 11.4 Å². The maximum atomic E-state index is 10.3. The quantitative estimate of drug-likeness (QED) is 0.828. The van der Waals surface area contributed by atoms with E-state index in [2.05, 4.69) is 36.8 Å². The maximum absolute atomic E-state index is 10.3. The van der Waals surface area contributed by atoms with E-state index in [4.69, 9.17) is 9.47 Å². The Balaban J connectivity index is 1.99. The summed E-state index contributed by atoms with van der Waals surface area (Å²) >= 11 is 8.12. The van der Waals surface area contributed by atoms with Crippen molar-refractivity contribution in [3.05, 3.63) is 37.2 Å². The van der Waals surface area contributed by atoms with Crippen LogP contribution in [0.25, 0.3) is 0 Å². The fraction of sp³-hybridized carbons (Fsp3) is 0.250. The van der Waals surface area contributed by atoms with Crippen molar-refractivity contribution >= 4 is 43.2 Å². The first-order valence-corrected chi connectivity index (χ1v) is 8.00. The molecule has 3 rings (SSSR count). The minimum atomic E-state index is -0.775. The molecule has 1 atom stereocenters. The molecule has 0 radical (unpaired) electrons. The number of aliphatic hydroxyl groups excluding tert-OH is 1. The highest BCUT2D eigenvalue weighted by Gasteiger charge is 2.21. The van der Waals surface area contributed by atoms with Crippen LogP contribution in [0.15, 0.2) is 26.6 Å². The van der Waals surface area contributed by atoms with Crippen LogP contribution < -0.4 is 9.47 Å². The molecule has 7 heteroatoms. The molecule has 0 spiro atoms. The minimum Gasteiger partial charge on any atom is -0.486 e. The molecule has 2 aromatic rings. The first kappa shape index (κ1) is 13.4. The highest BCUT2D eigenvalue weighted by molar-refractivity contribution is 9.10. The van der Waals surface area contributed by atoms with Gasteiger partial charge in [-0.1, -0.05) is 0 Å². The zero-order valence-electron chi connectivity index (χ0n) is 9.60. The molecular weight excluding hydrogens is 398 g/mol. The first-order chi connectivity index (χ1) is 9.15. The Morgan fingerprint density at radius 1 is 1.26 bits per heavy atom. The van der Waals surface area contributed by atoms with Gasteiger partial charge in [0.1, 0.15) is 28.9 Å². The van der Waals surface area contributed by atoms with Gasteiger partial charge in [-0.15, -0.1) is 11.3 Å². The molecule has 1 N–H and O–H groups in total. The van der Waals surface area contributed by atoms with Gasteiger partial charge in [-0.25, -0.2) is 4.98 Å². The zero-order valence-corrected chi connectivity index (χ0v) is 13.6. The Kier molecular flexibility index (Phi) is 3.79. The van der Waals surface area contributed by atoms with Gasteiger partial charge in [-0.2, -0.15) is 0 Å². The smallest absolute Gasteiger partial charge is 0.175 e. The van der Waals surface area contributed by atoms with Crippen LogP contribution in [0.3, 0.4) is 0 Å². The van der Waals surface area contributed by atoms with Crippen LogP contribution in [0.1, 0.15) is 16.7 Å². The second-order valence-corrected chi connectivity index (χ2v) is 6.49. The number of fused-ring (bicyclic) bond motifs is 1. The van der Waals surface area contributed by atoms with Crippen LogP contribution in [-0.4, -0.2) is 23.3 Å². The molecule has 1 aliphatic rings. The van der Waals surface area contributed by atoms with Gasteiger partial charge >= 0.3 is 0 Å². The van der Waals surface area contributed by atoms with Crippen molar-refractivity contribution in [3.63, 3.8) is 0 Å². The van der Waals surface area contributed by atoms with E-state index in [-0.39, 0.29) is 0 Å². The topological polar surface area (TPSA) is 51.6 Å². The molecule has 0 bridgehead atoms. The molecule has 1 unspecified atom stereocenters. The third kappa shape index (κ3) is 2.65. The monoisotopic (exact) mass is 405 g/mol. The van der Waals surface area contributed by atoms with Crippen molar-refractivity contribution in [2.45, 2.75) is 6.10 Å². The lowest BCUT2D eigenvalue weighted by Crippen LogP contribution is -2.16. The fourth-order valence-corrected chi connectivity index (χ4v) is 3.67. The molecular formula is C12H9Br2NO3S. The van der Waals surface area contributed by atoms with Crippen molar-refractivity contribution < 1.29 is 14.6 Å². The Bertz CT molecular complexity index is 617. The Morgan fingerprint density at radius 2 is 2.05 bits per heavy atom. The Morgan fingerprint density at radius 3 is 2.79 bits per heavy atom. The lowest BCUT2D eigenvalue weighted by atomic mass is 10.1. The molecule has 0 saturated carbocycles. The molecule has 1 aromatic heterocycles. The average molecular weight is 407 g/mol. The van der Waals surface area contributed by atoms with Crippen LogP contribution in [0.2, 0.25) is 0 Å². The minimum absolute atomic E-state index is 0.516. The lowest BCUT2D eigenvalue weighted by molar-refractivity contribution is 0.168. The summed E-state index contributed by atoms with van der Waals surface area (Å²) < 4.78 is 12.6. The average Bonchev–Trinajstić information content (AvgIpc) is 2.84. The predicted octanol–water partition coefficient (Wildman–Crippen LogP) is 3.52. The van der Waals surface area contributed by atoms with E-state index in [0.29, 0.717) is 29.7 Å². The molecule has 2 heterocycles. The molecule has 0 fully saturated rings. The SMILES string of the molecule is OC(c1cc(Br)c2c(c1)OCCO2)c1nc(Br)cs1. The summed E-state index contributed by atoms with van der Waals surface area (Å²) in [4.78, 5) is 4.23. The van der Waals surface area contributed by atoms with E-state index in [0.717, 1.165) is 14.6 Å². The zero-order chi connectivity index (χ0) is 13.4. The highest BCUT2D eigenvalue weighted by atomic mass is 79.9. The van der Waals surface area contributed by atoms with Gasteiger partial charge in [-0.05, 0) is 49.6 Å². The van der Waals surface area contributed by atoms with Crippen LogP contribution in [0.5, 0.6) is 11.5 Å². The molecule has 4 nitrogen and oxygen atoms in total. The normalized spacial score (nSPS) is 15.3. The standard InChI is InChI=1S/C12H9Br2NO3S/c13-7-3-6(4-8-11(7)18-2-1-17-8)10(16)12-15-9(14)5-19-12/h3-5,10,16H,1-2H2. The van der Waals surface area contributed by atoms with Crippen LogP contribution in [-0.2, 0) is 0 Å². The molecule has 1 aromatic carbocycles. The summed E-state index contributed by atoms with van der Waals surface area (Å²) in [6.45, 7) is 1.05. The second-order valence-electron chi connectivity index (χ2n) is 3.94. The van der Waals surface area contributed by atoms with Gasteiger partial charge in [0.15, 0.2) is 11.5 Å². The van der Waals surface area contributed by atoms with Crippen molar-refractivity contribution in [1.82, 2.24) is 4.98 Å².